The number of urea groups is 1. The predicted molar refractivity (Wildman–Crippen MR) is 225 cm³/mol. The van der Waals surface area contributed by atoms with Crippen LogP contribution in [0, 0.1) is 5.92 Å². The molecule has 2 aromatic carbocycles. The number of pyridine rings is 1. The molecule has 16 nitrogen and oxygen atoms in total. The summed E-state index contributed by atoms with van der Waals surface area (Å²) in [5.41, 5.74) is 2.86. The molecule has 0 aliphatic carbocycles. The molecule has 4 amide bonds. The van der Waals surface area contributed by atoms with Crippen LogP contribution in [0.4, 0.5) is 33.6 Å². The lowest BCUT2D eigenvalue weighted by Gasteiger charge is -2.34. The van der Waals surface area contributed by atoms with Crippen molar-refractivity contribution in [1.29, 1.82) is 0 Å². The molecular weight excluding hydrogens is 764 g/mol. The number of ether oxygens (including phenoxy) is 2. The highest BCUT2D eigenvalue weighted by molar-refractivity contribution is 6.33. The van der Waals surface area contributed by atoms with Gasteiger partial charge in [0.2, 0.25) is 11.9 Å². The van der Waals surface area contributed by atoms with Crippen LogP contribution in [0.25, 0.3) is 10.9 Å². The van der Waals surface area contributed by atoms with Gasteiger partial charge in [0.25, 0.3) is 11.5 Å². The Labute approximate surface area is 342 Å². The number of methoxy groups -OCH3 is 1. The largest absolute Gasteiger partial charge is 0.495 e. The number of nitrogens with zero attached hydrogens (tertiary/aromatic N) is 7. The summed E-state index contributed by atoms with van der Waals surface area (Å²) in [5.74, 6) is 1.74. The predicted octanol–water partition coefficient (Wildman–Crippen LogP) is 4.78. The molecule has 0 unspecified atom stereocenters. The van der Waals surface area contributed by atoms with Crippen molar-refractivity contribution < 1.29 is 23.9 Å². The molecule has 3 N–H and O–H groups in total. The van der Waals surface area contributed by atoms with Crippen molar-refractivity contribution >= 4 is 69.2 Å². The van der Waals surface area contributed by atoms with Crippen molar-refractivity contribution in [3.63, 3.8) is 0 Å². The topological polar surface area (TPSA) is 166 Å². The summed E-state index contributed by atoms with van der Waals surface area (Å²) in [7, 11) is 3.10. The molecule has 308 valence electrons. The number of piperidine rings is 1. The van der Waals surface area contributed by atoms with Crippen molar-refractivity contribution in [2.24, 2.45) is 5.92 Å². The van der Waals surface area contributed by atoms with Gasteiger partial charge in [-0.3, -0.25) is 24.6 Å². The molecule has 4 aromatic rings. The van der Waals surface area contributed by atoms with Crippen molar-refractivity contribution in [3.8, 4) is 11.5 Å². The van der Waals surface area contributed by atoms with Crippen LogP contribution in [0.3, 0.4) is 0 Å². The minimum atomic E-state index is -0.427. The fraction of sp³-hybridized carbons (Fsp3) is 0.463. The van der Waals surface area contributed by atoms with Gasteiger partial charge < -0.3 is 39.4 Å². The molecule has 3 saturated heterocycles. The number of hydrogen-bond acceptors (Lipinski definition) is 12. The van der Waals surface area contributed by atoms with Gasteiger partial charge in [0.05, 0.1) is 24.5 Å². The number of anilines is 5. The SMILES string of the molecule is CNC(=O)COc1cc2cc(Nc3nc(N4CCC(CN5CCCN(c6ccc(OC)c(N7CCC(=O)NC7=O)c6)CC5)CC4)ncc3Cl)ccc2n(C(C)C)c1=O. The fourth-order valence-corrected chi connectivity index (χ4v) is 8.08. The third-order valence-corrected chi connectivity index (χ3v) is 11.3. The highest BCUT2D eigenvalue weighted by Crippen LogP contribution is 2.35. The van der Waals surface area contributed by atoms with Gasteiger partial charge in [-0.05, 0) is 88.0 Å². The van der Waals surface area contributed by atoms with E-state index in [9.17, 15) is 19.2 Å². The standard InChI is InChI=1S/C41H51ClN10O6/c1-26(2)52-32-8-6-29(20-28(32)21-35(39(52)55)58-25-37(54)43-3)45-38-31(42)23-44-40(47-38)50-15-10-27(11-16-50)24-48-13-5-14-49(19-18-48)30-7-9-34(57-4)33(22-30)51-17-12-36(53)46-41(51)56/h6-9,20-23,26-27H,5,10-19,24-25H2,1-4H3,(H,43,54)(H,44,45,47)(H,46,53,56). The lowest BCUT2D eigenvalue weighted by Crippen LogP contribution is -2.49. The number of aromatic nitrogens is 3. The molecular formula is C41H51ClN10O6. The first-order valence-corrected chi connectivity index (χ1v) is 20.2. The third kappa shape index (κ3) is 9.07. The van der Waals surface area contributed by atoms with Crippen molar-refractivity contribution in [3.05, 3.63) is 64.0 Å². The van der Waals surface area contributed by atoms with Gasteiger partial charge in [-0.2, -0.15) is 4.98 Å². The van der Waals surface area contributed by atoms with Crippen LogP contribution in [0.15, 0.2) is 53.5 Å². The maximum atomic E-state index is 13.2. The first kappa shape index (κ1) is 40.6. The zero-order valence-electron chi connectivity index (χ0n) is 33.4. The first-order valence-electron chi connectivity index (χ1n) is 19.8. The summed E-state index contributed by atoms with van der Waals surface area (Å²) in [6.45, 7) is 10.3. The molecule has 58 heavy (non-hydrogen) atoms. The molecule has 0 atom stereocenters. The Bertz CT molecular complexity index is 2230. The minimum Gasteiger partial charge on any atom is -0.495 e. The second-order valence-corrected chi connectivity index (χ2v) is 15.6. The Balaban J connectivity index is 0.959. The lowest BCUT2D eigenvalue weighted by molar-refractivity contribution is -0.122. The van der Waals surface area contributed by atoms with Crippen LogP contribution >= 0.6 is 11.6 Å². The second-order valence-electron chi connectivity index (χ2n) is 15.2. The van der Waals surface area contributed by atoms with Crippen LogP contribution in [-0.2, 0) is 9.59 Å². The normalized spacial score (nSPS) is 17.0. The highest BCUT2D eigenvalue weighted by atomic mass is 35.5. The molecule has 3 fully saturated rings. The number of fused-ring (bicyclic) bond motifs is 1. The molecule has 0 saturated carbocycles. The number of carbonyl (C=O) groups excluding carboxylic acids is 3. The number of rotatable bonds is 12. The quantitative estimate of drug-likeness (QED) is 0.180. The van der Waals surface area contributed by atoms with Crippen LogP contribution in [-0.4, -0.2) is 110 Å². The van der Waals surface area contributed by atoms with Crippen LogP contribution < -0.4 is 45.7 Å². The Kier molecular flexibility index (Phi) is 12.5. The number of amides is 4. The molecule has 3 aliphatic rings. The molecule has 2 aromatic heterocycles. The Morgan fingerprint density at radius 2 is 1.78 bits per heavy atom. The highest BCUT2D eigenvalue weighted by Gasteiger charge is 2.29. The molecule has 7 rings (SSSR count). The number of halogens is 1. The van der Waals surface area contributed by atoms with Crippen molar-refractivity contribution in [1.82, 2.24) is 30.1 Å². The van der Waals surface area contributed by atoms with Crippen molar-refractivity contribution in [2.45, 2.75) is 45.6 Å². The van der Waals surface area contributed by atoms with E-state index in [0.29, 0.717) is 40.7 Å². The Morgan fingerprint density at radius 1 is 0.966 bits per heavy atom. The van der Waals surface area contributed by atoms with E-state index in [4.69, 9.17) is 26.1 Å². The first-order chi connectivity index (χ1) is 28.0. The van der Waals surface area contributed by atoms with E-state index in [-0.39, 0.29) is 42.2 Å². The van der Waals surface area contributed by atoms with Gasteiger partial charge in [-0.15, -0.1) is 0 Å². The third-order valence-electron chi connectivity index (χ3n) is 11.0. The van der Waals surface area contributed by atoms with Crippen molar-refractivity contribution in [2.75, 3.05) is 93.1 Å². The summed E-state index contributed by atoms with van der Waals surface area (Å²) in [6, 6.07) is 12.7. The van der Waals surface area contributed by atoms with Gasteiger partial charge in [-0.25, -0.2) is 9.78 Å². The lowest BCUT2D eigenvalue weighted by atomic mass is 9.96. The average molecular weight is 815 g/mol. The summed E-state index contributed by atoms with van der Waals surface area (Å²) in [6.07, 6.45) is 4.93. The monoisotopic (exact) mass is 814 g/mol. The van der Waals surface area contributed by atoms with Gasteiger partial charge in [-0.1, -0.05) is 11.6 Å². The van der Waals surface area contributed by atoms with E-state index in [1.807, 2.05) is 50.2 Å². The molecule has 0 radical (unpaired) electrons. The maximum Gasteiger partial charge on any atom is 0.328 e. The van der Waals surface area contributed by atoms with E-state index in [1.54, 1.807) is 28.8 Å². The molecule has 0 spiro atoms. The summed E-state index contributed by atoms with van der Waals surface area (Å²) in [4.78, 5) is 67.6. The number of nitrogens with one attached hydrogen (secondary N) is 3. The van der Waals surface area contributed by atoms with Gasteiger partial charge in [0.15, 0.2) is 18.2 Å². The summed E-state index contributed by atoms with van der Waals surface area (Å²) in [5, 5.41) is 9.41. The van der Waals surface area contributed by atoms with E-state index in [0.717, 1.165) is 87.4 Å². The number of benzene rings is 2. The number of likely N-dealkylation sites (N-methyl/N-ethyl adjacent to an activating group) is 1. The fourth-order valence-electron chi connectivity index (χ4n) is 7.94. The Hall–Kier alpha value is -5.61. The van der Waals surface area contributed by atoms with Gasteiger partial charge >= 0.3 is 6.03 Å². The van der Waals surface area contributed by atoms with Gasteiger partial charge in [0.1, 0.15) is 10.8 Å². The van der Waals surface area contributed by atoms with E-state index >= 15 is 0 Å². The van der Waals surface area contributed by atoms with Crippen LogP contribution in [0.2, 0.25) is 5.02 Å². The van der Waals surface area contributed by atoms with Crippen LogP contribution in [0.1, 0.15) is 45.6 Å². The maximum absolute atomic E-state index is 13.2. The number of imide groups is 1. The van der Waals surface area contributed by atoms with Gasteiger partial charge in [0, 0.05) is 82.1 Å². The Morgan fingerprint density at radius 3 is 2.52 bits per heavy atom. The van der Waals surface area contributed by atoms with E-state index in [1.165, 1.54) is 7.05 Å². The zero-order chi connectivity index (χ0) is 40.9. The summed E-state index contributed by atoms with van der Waals surface area (Å²) < 4.78 is 12.9. The summed E-state index contributed by atoms with van der Waals surface area (Å²) >= 11 is 6.61. The van der Waals surface area contributed by atoms with Crippen LogP contribution in [0.5, 0.6) is 11.5 Å². The van der Waals surface area contributed by atoms with E-state index in [2.05, 4.69) is 35.6 Å². The average Bonchev–Trinajstić information content (AvgIpc) is 3.46. The molecule has 3 aliphatic heterocycles. The molecule has 0 bridgehead atoms. The zero-order valence-corrected chi connectivity index (χ0v) is 34.2. The smallest absolute Gasteiger partial charge is 0.328 e. The second kappa shape index (κ2) is 17.9. The van der Waals surface area contributed by atoms with E-state index < -0.39 is 6.03 Å². The molecule has 17 heteroatoms. The number of hydrogen-bond donors (Lipinski definition) is 3. The number of carbonyl (C=O) groups is 3. The molecule has 5 heterocycles. The minimum absolute atomic E-state index is 0.0970.